The van der Waals surface area contributed by atoms with E-state index >= 15 is 0 Å². The van der Waals surface area contributed by atoms with Crippen molar-refractivity contribution in [2.45, 2.75) is 25.0 Å². The molecule has 0 aromatic carbocycles. The van der Waals surface area contributed by atoms with Crippen LogP contribution in [0.3, 0.4) is 0 Å². The molecule has 5 nitrogen and oxygen atoms in total. The predicted molar refractivity (Wildman–Crippen MR) is 55.2 cm³/mol. The summed E-state index contributed by atoms with van der Waals surface area (Å²) < 4.78 is 13.2. The highest BCUT2D eigenvalue weighted by molar-refractivity contribution is 5.35. The van der Waals surface area contributed by atoms with Crippen molar-refractivity contribution in [3.63, 3.8) is 0 Å². The summed E-state index contributed by atoms with van der Waals surface area (Å²) in [7, 11) is 0. The van der Waals surface area contributed by atoms with Crippen LogP contribution >= 0.6 is 0 Å². The largest absolute Gasteiger partial charge is 0.396 e. The number of nitrogens with zero attached hydrogens (tertiary/aromatic N) is 2. The summed E-state index contributed by atoms with van der Waals surface area (Å²) in [5.74, 6) is -0.502. The van der Waals surface area contributed by atoms with Crippen molar-refractivity contribution in [1.82, 2.24) is 9.97 Å². The molecule has 1 aromatic rings. The Morgan fingerprint density at radius 1 is 1.50 bits per heavy atom. The van der Waals surface area contributed by atoms with Gasteiger partial charge >= 0.3 is 0 Å². The van der Waals surface area contributed by atoms with Crippen LogP contribution in [-0.2, 0) is 0 Å². The first-order chi connectivity index (χ1) is 7.70. The van der Waals surface area contributed by atoms with Gasteiger partial charge in [0.1, 0.15) is 6.33 Å². The molecule has 0 aliphatic heterocycles. The van der Waals surface area contributed by atoms with E-state index in [0.717, 1.165) is 6.20 Å². The zero-order valence-corrected chi connectivity index (χ0v) is 8.67. The van der Waals surface area contributed by atoms with Crippen molar-refractivity contribution in [1.29, 1.82) is 0 Å². The van der Waals surface area contributed by atoms with Gasteiger partial charge in [0, 0.05) is 18.6 Å². The van der Waals surface area contributed by atoms with E-state index in [9.17, 15) is 9.50 Å². The average molecular weight is 227 g/mol. The maximum absolute atomic E-state index is 13.2. The third kappa shape index (κ3) is 2.28. The van der Waals surface area contributed by atoms with Crippen LogP contribution in [0.4, 0.5) is 10.2 Å². The number of anilines is 1. The lowest BCUT2D eigenvalue weighted by Gasteiger charge is -2.12. The number of nitrogens with one attached hydrogen (secondary N) is 1. The molecule has 1 aliphatic carbocycles. The normalized spacial score (nSPS) is 29.3. The molecule has 1 fully saturated rings. The van der Waals surface area contributed by atoms with Crippen molar-refractivity contribution < 1.29 is 14.6 Å². The third-order valence-electron chi connectivity index (χ3n) is 2.90. The molecule has 1 saturated carbocycles. The van der Waals surface area contributed by atoms with Crippen LogP contribution in [0.1, 0.15) is 12.8 Å². The van der Waals surface area contributed by atoms with Crippen LogP contribution in [0.15, 0.2) is 12.5 Å². The van der Waals surface area contributed by atoms with E-state index in [0.29, 0.717) is 12.8 Å². The Kier molecular flexibility index (Phi) is 3.31. The second-order valence-electron chi connectivity index (χ2n) is 4.04. The second-order valence-corrected chi connectivity index (χ2v) is 4.04. The van der Waals surface area contributed by atoms with Crippen LogP contribution in [0, 0.1) is 11.7 Å². The van der Waals surface area contributed by atoms with E-state index in [4.69, 9.17) is 5.11 Å². The highest BCUT2D eigenvalue weighted by Crippen LogP contribution is 2.28. The van der Waals surface area contributed by atoms with E-state index < -0.39 is 11.9 Å². The van der Waals surface area contributed by atoms with Gasteiger partial charge in [-0.25, -0.2) is 14.4 Å². The second kappa shape index (κ2) is 4.71. The number of rotatable bonds is 3. The third-order valence-corrected chi connectivity index (χ3v) is 2.90. The molecule has 88 valence electrons. The molecule has 0 saturated heterocycles. The molecule has 0 spiro atoms. The number of aliphatic hydroxyl groups is 2. The summed E-state index contributed by atoms with van der Waals surface area (Å²) in [6.07, 6.45) is 2.92. The first-order valence-electron chi connectivity index (χ1n) is 5.21. The molecule has 1 aromatic heterocycles. The molecular weight excluding hydrogens is 213 g/mol. The number of hydrogen-bond acceptors (Lipinski definition) is 5. The SMILES string of the molecule is OC[C@H]1C[C@@H](Nc2ncncc2F)C[C@@H]1O. The first-order valence-corrected chi connectivity index (χ1v) is 5.21. The molecule has 6 heteroatoms. The van der Waals surface area contributed by atoms with Gasteiger partial charge < -0.3 is 15.5 Å². The summed E-state index contributed by atoms with van der Waals surface area (Å²) in [6.45, 7) is -0.0500. The molecule has 1 aliphatic rings. The van der Waals surface area contributed by atoms with Gasteiger partial charge in [-0.3, -0.25) is 0 Å². The minimum absolute atomic E-state index is 0.0500. The van der Waals surface area contributed by atoms with E-state index in [1.807, 2.05) is 0 Å². The molecule has 3 N–H and O–H groups in total. The van der Waals surface area contributed by atoms with Crippen molar-refractivity contribution in [2.75, 3.05) is 11.9 Å². The van der Waals surface area contributed by atoms with Crippen molar-refractivity contribution >= 4 is 5.82 Å². The Bertz CT molecular complexity index is 364. The summed E-state index contributed by atoms with van der Waals surface area (Å²) in [5.41, 5.74) is 0. The topological polar surface area (TPSA) is 78.3 Å². The smallest absolute Gasteiger partial charge is 0.183 e. The minimum atomic E-state index is -0.535. The maximum Gasteiger partial charge on any atom is 0.183 e. The number of halogens is 1. The van der Waals surface area contributed by atoms with Crippen LogP contribution in [-0.4, -0.2) is 38.9 Å². The van der Waals surface area contributed by atoms with E-state index in [1.165, 1.54) is 6.33 Å². The van der Waals surface area contributed by atoms with Crippen LogP contribution in [0.2, 0.25) is 0 Å². The molecule has 0 amide bonds. The van der Waals surface area contributed by atoms with E-state index in [2.05, 4.69) is 15.3 Å². The fourth-order valence-corrected chi connectivity index (χ4v) is 2.03. The van der Waals surface area contributed by atoms with E-state index in [-0.39, 0.29) is 24.4 Å². The Morgan fingerprint density at radius 2 is 2.31 bits per heavy atom. The zero-order valence-electron chi connectivity index (χ0n) is 8.67. The molecule has 2 rings (SSSR count). The van der Waals surface area contributed by atoms with Crippen LogP contribution < -0.4 is 5.32 Å². The highest BCUT2D eigenvalue weighted by Gasteiger charge is 2.32. The van der Waals surface area contributed by atoms with Gasteiger partial charge in [0.15, 0.2) is 11.6 Å². The van der Waals surface area contributed by atoms with Gasteiger partial charge in [-0.05, 0) is 12.8 Å². The summed E-state index contributed by atoms with van der Waals surface area (Å²) in [6, 6.07) is -0.0588. The number of aromatic nitrogens is 2. The Labute approximate surface area is 92.4 Å². The lowest BCUT2D eigenvalue weighted by molar-refractivity contribution is 0.0908. The van der Waals surface area contributed by atoms with Gasteiger partial charge in [0.25, 0.3) is 0 Å². The average Bonchev–Trinajstić information content (AvgIpc) is 2.62. The van der Waals surface area contributed by atoms with Gasteiger partial charge in [0.05, 0.1) is 12.3 Å². The molecular formula is C10H14FN3O2. The Morgan fingerprint density at radius 3 is 2.94 bits per heavy atom. The Balaban J connectivity index is 1.99. The van der Waals surface area contributed by atoms with Crippen LogP contribution in [0.5, 0.6) is 0 Å². The zero-order chi connectivity index (χ0) is 11.5. The predicted octanol–water partition coefficient (Wildman–Crippen LogP) is 0.159. The number of hydrogen-bond donors (Lipinski definition) is 3. The standard InChI is InChI=1S/C10H14FN3O2/c11-8-3-12-5-13-10(8)14-7-1-6(4-15)9(16)2-7/h3,5-7,9,15-16H,1-2,4H2,(H,12,13,14)/t6-,7-,9+/m1/s1. The van der Waals surface area contributed by atoms with Crippen LogP contribution in [0.25, 0.3) is 0 Å². The first kappa shape index (κ1) is 11.2. The molecule has 0 bridgehead atoms. The molecule has 16 heavy (non-hydrogen) atoms. The van der Waals surface area contributed by atoms with Gasteiger partial charge in [-0.2, -0.15) is 0 Å². The molecule has 0 radical (unpaired) electrons. The molecule has 0 unspecified atom stereocenters. The molecule has 1 heterocycles. The summed E-state index contributed by atoms with van der Waals surface area (Å²) >= 11 is 0. The van der Waals surface area contributed by atoms with Gasteiger partial charge in [-0.1, -0.05) is 0 Å². The minimum Gasteiger partial charge on any atom is -0.396 e. The fourth-order valence-electron chi connectivity index (χ4n) is 2.03. The lowest BCUT2D eigenvalue weighted by atomic mass is 10.1. The molecule has 3 atom stereocenters. The fraction of sp³-hybridized carbons (Fsp3) is 0.600. The summed E-state index contributed by atoms with van der Waals surface area (Å²) in [5, 5.41) is 21.5. The van der Waals surface area contributed by atoms with Crippen molar-refractivity contribution in [2.24, 2.45) is 5.92 Å². The Hall–Kier alpha value is -1.27. The quantitative estimate of drug-likeness (QED) is 0.685. The number of aliphatic hydroxyl groups excluding tert-OH is 2. The monoisotopic (exact) mass is 227 g/mol. The van der Waals surface area contributed by atoms with E-state index in [1.54, 1.807) is 0 Å². The maximum atomic E-state index is 13.2. The highest BCUT2D eigenvalue weighted by atomic mass is 19.1. The van der Waals surface area contributed by atoms with Gasteiger partial charge in [0.2, 0.25) is 0 Å². The van der Waals surface area contributed by atoms with Crippen molar-refractivity contribution in [3.8, 4) is 0 Å². The van der Waals surface area contributed by atoms with Gasteiger partial charge in [-0.15, -0.1) is 0 Å². The summed E-state index contributed by atoms with van der Waals surface area (Å²) in [4.78, 5) is 7.33. The lowest BCUT2D eigenvalue weighted by Crippen LogP contribution is -2.18. The van der Waals surface area contributed by atoms with Crippen molar-refractivity contribution in [3.05, 3.63) is 18.3 Å².